The van der Waals surface area contributed by atoms with Crippen LogP contribution in [0.3, 0.4) is 0 Å². The molecule has 0 bridgehead atoms. The van der Waals surface area contributed by atoms with Gasteiger partial charge in [-0.1, -0.05) is 0 Å². The van der Waals surface area contributed by atoms with E-state index in [-0.39, 0.29) is 10.0 Å². The number of aromatic hydroxyl groups is 1. The van der Waals surface area contributed by atoms with E-state index >= 15 is 0 Å². The van der Waals surface area contributed by atoms with Gasteiger partial charge in [0.25, 0.3) is 0 Å². The van der Waals surface area contributed by atoms with Crippen LogP contribution in [0.15, 0.2) is 10.5 Å². The van der Waals surface area contributed by atoms with Gasteiger partial charge in [-0.25, -0.2) is 4.39 Å². The lowest BCUT2D eigenvalue weighted by Gasteiger charge is -2.04. The van der Waals surface area contributed by atoms with Gasteiger partial charge >= 0.3 is 0 Å². The van der Waals surface area contributed by atoms with E-state index in [9.17, 15) is 9.18 Å². The first-order chi connectivity index (χ1) is 5.57. The predicted octanol–water partition coefficient (Wildman–Crippen LogP) is 2.41. The zero-order chi connectivity index (χ0) is 9.30. The van der Waals surface area contributed by atoms with Gasteiger partial charge in [0.2, 0.25) is 0 Å². The predicted molar refractivity (Wildman–Crippen MR) is 45.9 cm³/mol. The van der Waals surface area contributed by atoms with E-state index in [4.69, 9.17) is 5.11 Å². The lowest BCUT2D eigenvalue weighted by Crippen LogP contribution is -1.91. The molecule has 1 N–H and O–H groups in total. The number of hydrogen-bond donors (Lipinski definition) is 1. The number of phenols is 1. The van der Waals surface area contributed by atoms with Crippen molar-refractivity contribution in [1.29, 1.82) is 0 Å². The molecule has 0 aliphatic carbocycles. The molecule has 12 heavy (non-hydrogen) atoms. The highest BCUT2D eigenvalue weighted by Crippen LogP contribution is 2.31. The Morgan fingerprint density at radius 1 is 1.67 bits per heavy atom. The lowest BCUT2D eigenvalue weighted by atomic mass is 10.1. The molecule has 0 saturated carbocycles. The summed E-state index contributed by atoms with van der Waals surface area (Å²) in [6.07, 6.45) is 0.370. The monoisotopic (exact) mass is 232 g/mol. The smallest absolute Gasteiger partial charge is 0.176 e. The lowest BCUT2D eigenvalue weighted by molar-refractivity contribution is 0.111. The molecule has 1 aromatic carbocycles. The summed E-state index contributed by atoms with van der Waals surface area (Å²) in [4.78, 5) is 10.3. The minimum atomic E-state index is -0.887. The van der Waals surface area contributed by atoms with E-state index in [1.165, 1.54) is 6.07 Å². The number of halogens is 2. The maximum atomic E-state index is 12.9. The summed E-state index contributed by atoms with van der Waals surface area (Å²) in [6.45, 7) is 1.66. The van der Waals surface area contributed by atoms with Gasteiger partial charge in [-0.3, -0.25) is 4.79 Å². The van der Waals surface area contributed by atoms with Crippen molar-refractivity contribution in [3.8, 4) is 5.75 Å². The summed E-state index contributed by atoms with van der Waals surface area (Å²) in [5.74, 6) is -1.40. The standard InChI is InChI=1S/C8H6BrFO2/c1-4-2-5(3-11)7(10)8(12)6(4)9/h2-3,12H,1H3. The first-order valence-corrected chi connectivity index (χ1v) is 4.00. The largest absolute Gasteiger partial charge is 0.504 e. The number of carbonyl (C=O) groups is 1. The summed E-state index contributed by atoms with van der Waals surface area (Å²) in [6, 6.07) is 1.37. The quantitative estimate of drug-likeness (QED) is 0.756. The number of rotatable bonds is 1. The Morgan fingerprint density at radius 3 is 2.75 bits per heavy atom. The van der Waals surface area contributed by atoms with E-state index in [0.717, 1.165) is 0 Å². The minimum absolute atomic E-state index is 0.131. The van der Waals surface area contributed by atoms with Gasteiger partial charge in [0.05, 0.1) is 10.0 Å². The van der Waals surface area contributed by atoms with Crippen LogP contribution in [0.5, 0.6) is 5.75 Å². The molecule has 0 aliphatic heterocycles. The summed E-state index contributed by atoms with van der Waals surface area (Å²) < 4.78 is 13.2. The van der Waals surface area contributed by atoms with Crippen molar-refractivity contribution >= 4 is 22.2 Å². The molecule has 2 nitrogen and oxygen atoms in total. The second-order valence-electron chi connectivity index (χ2n) is 2.38. The van der Waals surface area contributed by atoms with Crippen molar-refractivity contribution in [2.45, 2.75) is 6.92 Å². The average Bonchev–Trinajstić information content (AvgIpc) is 2.08. The zero-order valence-electron chi connectivity index (χ0n) is 6.27. The van der Waals surface area contributed by atoms with Gasteiger partial charge in [0.1, 0.15) is 0 Å². The molecule has 0 radical (unpaired) electrons. The van der Waals surface area contributed by atoms with Crippen LogP contribution in [-0.4, -0.2) is 11.4 Å². The Morgan fingerprint density at radius 2 is 2.25 bits per heavy atom. The van der Waals surface area contributed by atoms with Crippen molar-refractivity contribution in [2.24, 2.45) is 0 Å². The third-order valence-corrected chi connectivity index (χ3v) is 2.52. The van der Waals surface area contributed by atoms with Gasteiger partial charge in [-0.05, 0) is 34.5 Å². The van der Waals surface area contributed by atoms with E-state index < -0.39 is 11.6 Å². The number of benzene rings is 1. The Kier molecular flexibility index (Phi) is 2.47. The van der Waals surface area contributed by atoms with E-state index in [2.05, 4.69) is 15.9 Å². The van der Waals surface area contributed by atoms with Crippen molar-refractivity contribution in [1.82, 2.24) is 0 Å². The highest BCUT2D eigenvalue weighted by atomic mass is 79.9. The first-order valence-electron chi connectivity index (χ1n) is 3.20. The molecule has 4 heteroatoms. The molecule has 0 fully saturated rings. The number of aldehydes is 1. The normalized spacial score (nSPS) is 9.92. The maximum absolute atomic E-state index is 12.9. The molecule has 0 spiro atoms. The molecule has 0 aliphatic rings. The molecule has 64 valence electrons. The number of hydrogen-bond acceptors (Lipinski definition) is 2. The number of aryl methyl sites for hydroxylation is 1. The molecule has 0 unspecified atom stereocenters. The Balaban J connectivity index is 3.49. The van der Waals surface area contributed by atoms with E-state index in [0.29, 0.717) is 11.8 Å². The molecule has 0 atom stereocenters. The fraction of sp³-hybridized carbons (Fsp3) is 0.125. The fourth-order valence-corrected chi connectivity index (χ4v) is 1.15. The van der Waals surface area contributed by atoms with Crippen LogP contribution in [0.25, 0.3) is 0 Å². The highest BCUT2D eigenvalue weighted by Gasteiger charge is 2.12. The van der Waals surface area contributed by atoms with Crippen molar-refractivity contribution < 1.29 is 14.3 Å². The summed E-state index contributed by atoms with van der Waals surface area (Å²) in [5, 5.41) is 9.12. The summed E-state index contributed by atoms with van der Waals surface area (Å²) >= 11 is 2.99. The molecule has 0 heterocycles. The van der Waals surface area contributed by atoms with Crippen LogP contribution < -0.4 is 0 Å². The van der Waals surface area contributed by atoms with Crippen LogP contribution in [0.2, 0.25) is 0 Å². The SMILES string of the molecule is Cc1cc(C=O)c(F)c(O)c1Br. The third-order valence-electron chi connectivity index (χ3n) is 1.51. The first kappa shape index (κ1) is 9.19. The highest BCUT2D eigenvalue weighted by molar-refractivity contribution is 9.10. The molecule has 0 aromatic heterocycles. The minimum Gasteiger partial charge on any atom is -0.504 e. The van der Waals surface area contributed by atoms with Crippen molar-refractivity contribution in [3.63, 3.8) is 0 Å². The van der Waals surface area contributed by atoms with Gasteiger partial charge in [0, 0.05) is 0 Å². The molecule has 1 rings (SSSR count). The summed E-state index contributed by atoms with van der Waals surface area (Å²) in [7, 11) is 0. The second kappa shape index (κ2) is 3.23. The Labute approximate surface area is 77.2 Å². The van der Waals surface area contributed by atoms with Crippen LogP contribution in [0.1, 0.15) is 15.9 Å². The summed E-state index contributed by atoms with van der Waals surface area (Å²) in [5.41, 5.74) is 0.490. The van der Waals surface area contributed by atoms with Gasteiger partial charge in [-0.2, -0.15) is 0 Å². The van der Waals surface area contributed by atoms with Crippen LogP contribution >= 0.6 is 15.9 Å². The van der Waals surface area contributed by atoms with Crippen LogP contribution in [0, 0.1) is 12.7 Å². The number of phenolic OH excluding ortho intramolecular Hbond substituents is 1. The van der Waals surface area contributed by atoms with Crippen molar-refractivity contribution in [2.75, 3.05) is 0 Å². The van der Waals surface area contributed by atoms with E-state index in [1.807, 2.05) is 0 Å². The van der Waals surface area contributed by atoms with Crippen LogP contribution in [0.4, 0.5) is 4.39 Å². The molecule has 1 aromatic rings. The topological polar surface area (TPSA) is 37.3 Å². The second-order valence-corrected chi connectivity index (χ2v) is 3.17. The average molecular weight is 233 g/mol. The molecule has 0 amide bonds. The van der Waals surface area contributed by atoms with Gasteiger partial charge in [0.15, 0.2) is 17.9 Å². The molecular weight excluding hydrogens is 227 g/mol. The van der Waals surface area contributed by atoms with E-state index in [1.54, 1.807) is 6.92 Å². The maximum Gasteiger partial charge on any atom is 0.176 e. The zero-order valence-corrected chi connectivity index (χ0v) is 7.85. The van der Waals surface area contributed by atoms with Crippen LogP contribution in [-0.2, 0) is 0 Å². The fourth-order valence-electron chi connectivity index (χ4n) is 0.866. The van der Waals surface area contributed by atoms with Gasteiger partial charge < -0.3 is 5.11 Å². The third kappa shape index (κ3) is 1.34. The molecular formula is C8H6BrFO2. The Bertz CT molecular complexity index is 336. The van der Waals surface area contributed by atoms with Crippen molar-refractivity contribution in [3.05, 3.63) is 27.5 Å². The van der Waals surface area contributed by atoms with Gasteiger partial charge in [-0.15, -0.1) is 0 Å². The molecule has 0 saturated heterocycles. The Hall–Kier alpha value is -0.900. The number of carbonyl (C=O) groups excluding carboxylic acids is 1.